The Balaban J connectivity index is 2.27. The minimum Gasteiger partial charge on any atom is -0.368 e. The van der Waals surface area contributed by atoms with Crippen molar-refractivity contribution in [3.8, 4) is 11.5 Å². The number of rotatable bonds is 2. The van der Waals surface area contributed by atoms with Gasteiger partial charge in [0.2, 0.25) is 21.6 Å². The molecule has 0 unspecified atom stereocenters. The Kier molecular flexibility index (Phi) is 2.47. The molecule has 3 heterocycles. The van der Waals surface area contributed by atoms with Crippen molar-refractivity contribution in [3.63, 3.8) is 0 Å². The van der Waals surface area contributed by atoms with E-state index in [1.165, 1.54) is 4.52 Å². The Morgan fingerprint density at radius 2 is 2.00 bits per heavy atom. The molecule has 0 radical (unpaired) electrons. The van der Waals surface area contributed by atoms with E-state index in [4.69, 9.17) is 5.73 Å². The molecule has 3 aromatic heterocycles. The Hall–Kier alpha value is -2.56. The lowest BCUT2D eigenvalue weighted by atomic mass is 10.4. The zero-order valence-corrected chi connectivity index (χ0v) is 11.4. The van der Waals surface area contributed by atoms with E-state index in [2.05, 4.69) is 25.1 Å². The first-order chi connectivity index (χ1) is 9.36. The molecule has 0 fully saturated rings. The highest BCUT2D eigenvalue weighted by Gasteiger charge is 2.18. The number of aromatic nitrogens is 7. The van der Waals surface area contributed by atoms with Crippen LogP contribution in [0.25, 0.3) is 17.3 Å². The zero-order chi connectivity index (χ0) is 14.5. The van der Waals surface area contributed by atoms with Crippen LogP contribution in [0.4, 0.5) is 5.95 Å². The largest absolute Gasteiger partial charge is 0.368 e. The molecule has 0 aromatic carbocycles. The van der Waals surface area contributed by atoms with Crippen molar-refractivity contribution in [1.29, 1.82) is 0 Å². The molecule has 3 aromatic rings. The number of anilines is 1. The third-order valence-corrected chi connectivity index (χ3v) is 3.44. The van der Waals surface area contributed by atoms with Crippen molar-refractivity contribution in [2.75, 3.05) is 12.0 Å². The summed E-state index contributed by atoms with van der Waals surface area (Å²) in [6, 6.07) is 1.72. The lowest BCUT2D eigenvalue weighted by Gasteiger charge is -1.99. The SMILES string of the molecule is Cn1nccc1-c1nc2nc(S(C)(=O)=O)nc(N)n2n1. The molecule has 10 nitrogen and oxygen atoms in total. The first kappa shape index (κ1) is 12.5. The van der Waals surface area contributed by atoms with Gasteiger partial charge in [-0.1, -0.05) is 0 Å². The van der Waals surface area contributed by atoms with Crippen LogP contribution in [-0.2, 0) is 16.9 Å². The molecule has 0 aliphatic carbocycles. The van der Waals surface area contributed by atoms with E-state index in [1.807, 2.05) is 0 Å². The van der Waals surface area contributed by atoms with Crippen LogP contribution in [0.2, 0.25) is 0 Å². The normalized spacial score (nSPS) is 12.1. The molecule has 2 N–H and O–H groups in total. The minimum absolute atomic E-state index is 0.0640. The summed E-state index contributed by atoms with van der Waals surface area (Å²) < 4.78 is 25.7. The van der Waals surface area contributed by atoms with Gasteiger partial charge in [0, 0.05) is 19.5 Å². The summed E-state index contributed by atoms with van der Waals surface area (Å²) in [6.45, 7) is 0. The van der Waals surface area contributed by atoms with Crippen molar-refractivity contribution in [3.05, 3.63) is 12.3 Å². The summed E-state index contributed by atoms with van der Waals surface area (Å²) >= 11 is 0. The van der Waals surface area contributed by atoms with Crippen molar-refractivity contribution >= 4 is 21.6 Å². The van der Waals surface area contributed by atoms with Crippen LogP contribution in [0, 0.1) is 0 Å². The number of hydrogen-bond acceptors (Lipinski definition) is 8. The van der Waals surface area contributed by atoms with E-state index >= 15 is 0 Å². The second-order valence-corrected chi connectivity index (χ2v) is 6.03. The maximum absolute atomic E-state index is 11.5. The number of nitrogens with zero attached hydrogens (tertiary/aromatic N) is 7. The maximum atomic E-state index is 11.5. The van der Waals surface area contributed by atoms with Gasteiger partial charge in [-0.15, -0.1) is 5.10 Å². The third kappa shape index (κ3) is 1.87. The van der Waals surface area contributed by atoms with Gasteiger partial charge >= 0.3 is 0 Å². The number of fused-ring (bicyclic) bond motifs is 1. The highest BCUT2D eigenvalue weighted by atomic mass is 32.2. The molecule has 104 valence electrons. The molecule has 0 aliphatic heterocycles. The highest BCUT2D eigenvalue weighted by molar-refractivity contribution is 7.90. The van der Waals surface area contributed by atoms with Gasteiger partial charge in [0.25, 0.3) is 10.9 Å². The third-order valence-electron chi connectivity index (χ3n) is 2.59. The second kappa shape index (κ2) is 3.96. The maximum Gasteiger partial charge on any atom is 0.258 e. The number of nitrogens with two attached hydrogens (primary N) is 1. The number of hydrogen-bond donors (Lipinski definition) is 1. The van der Waals surface area contributed by atoms with Gasteiger partial charge in [-0.3, -0.25) is 4.68 Å². The van der Waals surface area contributed by atoms with E-state index in [9.17, 15) is 8.42 Å². The van der Waals surface area contributed by atoms with Gasteiger partial charge in [-0.05, 0) is 6.07 Å². The van der Waals surface area contributed by atoms with Crippen molar-refractivity contribution in [2.45, 2.75) is 5.16 Å². The lowest BCUT2D eigenvalue weighted by Crippen LogP contribution is -2.11. The Labute approximate surface area is 113 Å². The number of nitrogen functional groups attached to an aromatic ring is 1. The quantitative estimate of drug-likeness (QED) is 0.629. The first-order valence-corrected chi connectivity index (χ1v) is 7.34. The van der Waals surface area contributed by atoms with Crippen molar-refractivity contribution in [1.82, 2.24) is 34.3 Å². The molecule has 20 heavy (non-hydrogen) atoms. The fourth-order valence-electron chi connectivity index (χ4n) is 1.65. The summed E-state index contributed by atoms with van der Waals surface area (Å²) in [5, 5.41) is 7.76. The second-order valence-electron chi connectivity index (χ2n) is 4.12. The first-order valence-electron chi connectivity index (χ1n) is 5.45. The fraction of sp³-hybridized carbons (Fsp3) is 0.222. The number of sulfone groups is 1. The summed E-state index contributed by atoms with van der Waals surface area (Å²) in [5.74, 6) is 0.294. The van der Waals surface area contributed by atoms with Gasteiger partial charge in [0.05, 0.1) is 0 Å². The van der Waals surface area contributed by atoms with Gasteiger partial charge < -0.3 is 5.73 Å². The molecular formula is C9H10N8O2S. The molecule has 3 rings (SSSR count). The average molecular weight is 294 g/mol. The van der Waals surface area contributed by atoms with Crippen LogP contribution >= 0.6 is 0 Å². The topological polar surface area (TPSA) is 134 Å². The smallest absolute Gasteiger partial charge is 0.258 e. The minimum atomic E-state index is -3.57. The van der Waals surface area contributed by atoms with E-state index in [1.54, 1.807) is 24.0 Å². The van der Waals surface area contributed by atoms with Gasteiger partial charge in [0.15, 0.2) is 0 Å². The Morgan fingerprint density at radius 1 is 1.25 bits per heavy atom. The van der Waals surface area contributed by atoms with Crippen LogP contribution in [0.3, 0.4) is 0 Å². The van der Waals surface area contributed by atoms with Crippen LogP contribution < -0.4 is 5.73 Å². The Bertz CT molecular complexity index is 909. The summed E-state index contributed by atoms with van der Waals surface area (Å²) in [6.07, 6.45) is 2.59. The molecule has 11 heteroatoms. The van der Waals surface area contributed by atoms with Crippen molar-refractivity contribution in [2.24, 2.45) is 7.05 Å². The highest BCUT2D eigenvalue weighted by Crippen LogP contribution is 2.16. The molecule has 0 atom stereocenters. The molecule has 0 bridgehead atoms. The molecular weight excluding hydrogens is 284 g/mol. The Morgan fingerprint density at radius 3 is 2.60 bits per heavy atom. The van der Waals surface area contributed by atoms with Gasteiger partial charge in [0.1, 0.15) is 5.69 Å². The van der Waals surface area contributed by atoms with Crippen molar-refractivity contribution < 1.29 is 8.42 Å². The summed E-state index contributed by atoms with van der Waals surface area (Å²) in [4.78, 5) is 11.7. The lowest BCUT2D eigenvalue weighted by molar-refractivity contribution is 0.592. The van der Waals surface area contributed by atoms with E-state index < -0.39 is 9.84 Å². The van der Waals surface area contributed by atoms with Gasteiger partial charge in [-0.25, -0.2) is 8.42 Å². The zero-order valence-electron chi connectivity index (χ0n) is 10.6. The molecule has 0 amide bonds. The molecule has 0 saturated heterocycles. The average Bonchev–Trinajstić information content (AvgIpc) is 2.93. The monoisotopic (exact) mass is 294 g/mol. The molecule has 0 aliphatic rings. The fourth-order valence-corrected chi connectivity index (χ4v) is 2.16. The summed E-state index contributed by atoms with van der Waals surface area (Å²) in [7, 11) is -1.84. The standard InChI is InChI=1S/C9H10N8O2S/c1-16-5(3-4-11-16)6-12-8-14-9(20(2,18)19)13-7(10)17(8)15-6/h3-4H,1-2H3,(H2,10,12,13,14,15). The molecule has 0 spiro atoms. The van der Waals surface area contributed by atoms with E-state index in [0.29, 0.717) is 11.5 Å². The van der Waals surface area contributed by atoms with Crippen LogP contribution in [0.1, 0.15) is 0 Å². The molecule has 0 saturated carbocycles. The van der Waals surface area contributed by atoms with E-state index in [-0.39, 0.29) is 16.9 Å². The van der Waals surface area contributed by atoms with Crippen LogP contribution in [0.5, 0.6) is 0 Å². The number of aryl methyl sites for hydroxylation is 1. The van der Waals surface area contributed by atoms with Crippen LogP contribution in [0.15, 0.2) is 17.4 Å². The predicted molar refractivity (Wildman–Crippen MR) is 68.3 cm³/mol. The van der Waals surface area contributed by atoms with Crippen LogP contribution in [-0.4, -0.2) is 49.0 Å². The van der Waals surface area contributed by atoms with Gasteiger partial charge in [-0.2, -0.15) is 24.6 Å². The predicted octanol–water partition coefficient (Wildman–Crippen LogP) is -1.09. The summed E-state index contributed by atoms with van der Waals surface area (Å²) in [5.41, 5.74) is 6.33. The van der Waals surface area contributed by atoms with E-state index in [0.717, 1.165) is 6.26 Å².